The first kappa shape index (κ1) is 13.5. The maximum absolute atomic E-state index is 13.8. The van der Waals surface area contributed by atoms with Crippen molar-refractivity contribution in [3.63, 3.8) is 0 Å². The first-order valence-electron chi connectivity index (χ1n) is 6.87. The smallest absolute Gasteiger partial charge is 0.127 e. The van der Waals surface area contributed by atoms with Crippen molar-refractivity contribution in [2.45, 2.75) is 32.9 Å². The predicted octanol–water partition coefficient (Wildman–Crippen LogP) is 2.78. The molecule has 0 spiro atoms. The number of hydrogen-bond donors (Lipinski definition) is 1. The molecule has 0 radical (unpaired) electrons. The highest BCUT2D eigenvalue weighted by Crippen LogP contribution is 2.30. The molecule has 1 aromatic rings. The van der Waals surface area contributed by atoms with E-state index >= 15 is 0 Å². The Kier molecular flexibility index (Phi) is 4.72. The van der Waals surface area contributed by atoms with Crippen LogP contribution in [0, 0.1) is 11.7 Å². The molecule has 2 nitrogen and oxygen atoms in total. The molecule has 3 heteroatoms. The average molecular weight is 250 g/mol. The summed E-state index contributed by atoms with van der Waals surface area (Å²) in [4.78, 5) is 2.35. The Balaban J connectivity index is 2.02. The van der Waals surface area contributed by atoms with E-state index in [1.54, 1.807) is 6.07 Å². The van der Waals surface area contributed by atoms with Crippen molar-refractivity contribution in [1.29, 1.82) is 0 Å². The van der Waals surface area contributed by atoms with E-state index < -0.39 is 0 Å². The summed E-state index contributed by atoms with van der Waals surface area (Å²) in [6.45, 7) is 5.79. The van der Waals surface area contributed by atoms with Crippen LogP contribution in [0.25, 0.3) is 0 Å². The highest BCUT2D eigenvalue weighted by atomic mass is 19.1. The minimum Gasteiger partial charge on any atom is -0.316 e. The zero-order chi connectivity index (χ0) is 13.0. The fraction of sp³-hybridized carbons (Fsp3) is 0.600. The van der Waals surface area contributed by atoms with Gasteiger partial charge in [0.25, 0.3) is 0 Å². The zero-order valence-electron chi connectivity index (χ0n) is 11.4. The molecule has 0 saturated heterocycles. The molecule has 0 bridgehead atoms. The van der Waals surface area contributed by atoms with Crippen LogP contribution in [0.15, 0.2) is 18.2 Å². The molecule has 0 unspecified atom stereocenters. The standard InChI is InChI=1S/C15H23FN2/c1-3-18(10-12-4-5-12)11-14-8-13(9-17-2)6-7-15(14)16/h6-8,12,17H,3-5,9-11H2,1-2H3. The summed E-state index contributed by atoms with van der Waals surface area (Å²) in [7, 11) is 1.91. The van der Waals surface area contributed by atoms with Crippen molar-refractivity contribution in [3.8, 4) is 0 Å². The number of benzene rings is 1. The maximum Gasteiger partial charge on any atom is 0.127 e. The molecular formula is C15H23FN2. The topological polar surface area (TPSA) is 15.3 Å². The van der Waals surface area contributed by atoms with Crippen LogP contribution in [0.1, 0.15) is 30.9 Å². The van der Waals surface area contributed by atoms with E-state index in [9.17, 15) is 4.39 Å². The lowest BCUT2D eigenvalue weighted by atomic mass is 10.1. The molecule has 1 aromatic carbocycles. The monoisotopic (exact) mass is 250 g/mol. The molecule has 1 aliphatic rings. The Labute approximate surface area is 109 Å². The molecule has 0 aliphatic heterocycles. The van der Waals surface area contributed by atoms with Crippen LogP contribution in [0.5, 0.6) is 0 Å². The van der Waals surface area contributed by atoms with Crippen LogP contribution in [0.2, 0.25) is 0 Å². The second-order valence-electron chi connectivity index (χ2n) is 5.23. The van der Waals surface area contributed by atoms with Gasteiger partial charge in [-0.2, -0.15) is 0 Å². The first-order valence-corrected chi connectivity index (χ1v) is 6.87. The Hall–Kier alpha value is -0.930. The fourth-order valence-corrected chi connectivity index (χ4v) is 2.28. The number of nitrogens with one attached hydrogen (secondary N) is 1. The van der Waals surface area contributed by atoms with E-state index in [-0.39, 0.29) is 5.82 Å². The molecule has 18 heavy (non-hydrogen) atoms. The van der Waals surface area contributed by atoms with Crippen molar-refractivity contribution in [1.82, 2.24) is 10.2 Å². The average Bonchev–Trinajstić information content (AvgIpc) is 3.16. The second-order valence-corrected chi connectivity index (χ2v) is 5.23. The third kappa shape index (κ3) is 3.79. The largest absolute Gasteiger partial charge is 0.316 e. The summed E-state index contributed by atoms with van der Waals surface area (Å²) in [5.41, 5.74) is 1.97. The third-order valence-corrected chi connectivity index (χ3v) is 3.55. The van der Waals surface area contributed by atoms with Gasteiger partial charge in [0.1, 0.15) is 5.82 Å². The predicted molar refractivity (Wildman–Crippen MR) is 72.8 cm³/mol. The SMILES string of the molecule is CCN(Cc1cc(CNC)ccc1F)CC1CC1. The quantitative estimate of drug-likeness (QED) is 0.800. The van der Waals surface area contributed by atoms with Gasteiger partial charge in [-0.3, -0.25) is 4.90 Å². The molecule has 0 amide bonds. The second kappa shape index (κ2) is 6.30. The minimum absolute atomic E-state index is 0.0795. The number of nitrogens with zero attached hydrogens (tertiary/aromatic N) is 1. The maximum atomic E-state index is 13.8. The lowest BCUT2D eigenvalue weighted by molar-refractivity contribution is 0.264. The fourth-order valence-electron chi connectivity index (χ4n) is 2.28. The minimum atomic E-state index is -0.0795. The van der Waals surface area contributed by atoms with E-state index in [4.69, 9.17) is 0 Å². The van der Waals surface area contributed by atoms with Gasteiger partial charge in [0.2, 0.25) is 0 Å². The summed E-state index contributed by atoms with van der Waals surface area (Å²) in [6.07, 6.45) is 2.69. The first-order chi connectivity index (χ1) is 8.72. The van der Waals surface area contributed by atoms with Gasteiger partial charge >= 0.3 is 0 Å². The lowest BCUT2D eigenvalue weighted by Crippen LogP contribution is -2.25. The molecular weight excluding hydrogens is 227 g/mol. The molecule has 1 aliphatic carbocycles. The van der Waals surface area contributed by atoms with E-state index in [0.717, 1.165) is 43.2 Å². The van der Waals surface area contributed by atoms with Crippen LogP contribution in [0.3, 0.4) is 0 Å². The van der Waals surface area contributed by atoms with E-state index in [0.29, 0.717) is 0 Å². The molecule has 1 saturated carbocycles. The van der Waals surface area contributed by atoms with Crippen LogP contribution in [0.4, 0.5) is 4.39 Å². The van der Waals surface area contributed by atoms with Crippen molar-refractivity contribution in [3.05, 3.63) is 35.1 Å². The van der Waals surface area contributed by atoms with Gasteiger partial charge in [-0.25, -0.2) is 4.39 Å². The molecule has 1 N–H and O–H groups in total. The highest BCUT2D eigenvalue weighted by Gasteiger charge is 2.24. The number of hydrogen-bond acceptors (Lipinski definition) is 2. The van der Waals surface area contributed by atoms with Gasteiger partial charge < -0.3 is 5.32 Å². The molecule has 2 rings (SSSR count). The van der Waals surface area contributed by atoms with Crippen molar-refractivity contribution in [2.24, 2.45) is 5.92 Å². The van der Waals surface area contributed by atoms with Gasteiger partial charge in [0.15, 0.2) is 0 Å². The van der Waals surface area contributed by atoms with E-state index in [2.05, 4.69) is 17.1 Å². The Bertz CT molecular complexity index is 388. The summed E-state index contributed by atoms with van der Waals surface area (Å²) >= 11 is 0. The van der Waals surface area contributed by atoms with Gasteiger partial charge in [-0.1, -0.05) is 19.1 Å². The van der Waals surface area contributed by atoms with Crippen molar-refractivity contribution in [2.75, 3.05) is 20.1 Å². The third-order valence-electron chi connectivity index (χ3n) is 3.55. The molecule has 1 fully saturated rings. The van der Waals surface area contributed by atoms with Crippen LogP contribution < -0.4 is 5.32 Å². The normalized spacial score (nSPS) is 15.3. The Morgan fingerprint density at radius 3 is 2.78 bits per heavy atom. The van der Waals surface area contributed by atoms with Gasteiger partial charge in [0, 0.05) is 25.2 Å². The van der Waals surface area contributed by atoms with Gasteiger partial charge in [0.05, 0.1) is 0 Å². The zero-order valence-corrected chi connectivity index (χ0v) is 11.4. The molecule has 0 heterocycles. The van der Waals surface area contributed by atoms with E-state index in [1.165, 1.54) is 12.8 Å². The summed E-state index contributed by atoms with van der Waals surface area (Å²) in [6, 6.07) is 5.43. The molecule has 0 atom stereocenters. The number of rotatable bonds is 7. The van der Waals surface area contributed by atoms with Gasteiger partial charge in [-0.05, 0) is 44.0 Å². The van der Waals surface area contributed by atoms with E-state index in [1.807, 2.05) is 19.2 Å². The Morgan fingerprint density at radius 2 is 2.17 bits per heavy atom. The Morgan fingerprint density at radius 1 is 1.39 bits per heavy atom. The highest BCUT2D eigenvalue weighted by molar-refractivity contribution is 5.25. The molecule has 100 valence electrons. The lowest BCUT2D eigenvalue weighted by Gasteiger charge is -2.21. The molecule has 0 aromatic heterocycles. The van der Waals surface area contributed by atoms with Crippen LogP contribution >= 0.6 is 0 Å². The summed E-state index contributed by atoms with van der Waals surface area (Å²) in [5.74, 6) is 0.776. The van der Waals surface area contributed by atoms with Crippen LogP contribution in [-0.4, -0.2) is 25.0 Å². The number of halogens is 1. The van der Waals surface area contributed by atoms with Gasteiger partial charge in [-0.15, -0.1) is 0 Å². The van der Waals surface area contributed by atoms with Crippen LogP contribution in [-0.2, 0) is 13.1 Å². The van der Waals surface area contributed by atoms with Crippen molar-refractivity contribution < 1.29 is 4.39 Å². The van der Waals surface area contributed by atoms with Crippen molar-refractivity contribution >= 4 is 0 Å². The summed E-state index contributed by atoms with van der Waals surface area (Å²) in [5, 5.41) is 3.10. The summed E-state index contributed by atoms with van der Waals surface area (Å²) < 4.78 is 13.8.